The predicted molar refractivity (Wildman–Crippen MR) is 96.2 cm³/mol. The molecule has 25 heavy (non-hydrogen) atoms. The number of carbonyl (C=O) groups is 3. The van der Waals surface area contributed by atoms with E-state index in [1.165, 1.54) is 0 Å². The Morgan fingerprint density at radius 2 is 1.76 bits per heavy atom. The van der Waals surface area contributed by atoms with Gasteiger partial charge in [-0.15, -0.1) is 12.4 Å². The molecule has 2 aliphatic heterocycles. The van der Waals surface area contributed by atoms with Gasteiger partial charge in [0.25, 0.3) is 5.91 Å². The third-order valence-electron chi connectivity index (χ3n) is 5.99. The normalized spacial score (nSPS) is 25.7. The molecule has 0 radical (unpaired) electrons. The molecular weight excluding hydrogens is 344 g/mol. The summed E-state index contributed by atoms with van der Waals surface area (Å²) in [6, 6.07) is -1.04. The average molecular weight is 373 g/mol. The number of urea groups is 1. The fraction of sp³-hybridized carbons (Fsp3) is 0.824. The fourth-order valence-corrected chi connectivity index (χ4v) is 4.33. The van der Waals surface area contributed by atoms with E-state index in [2.05, 4.69) is 5.32 Å². The minimum Gasteiger partial charge on any atom is -0.341 e. The van der Waals surface area contributed by atoms with Crippen LogP contribution in [0.1, 0.15) is 52.4 Å². The van der Waals surface area contributed by atoms with Crippen molar-refractivity contribution in [1.29, 1.82) is 0 Å². The molecule has 142 valence electrons. The van der Waals surface area contributed by atoms with Crippen LogP contribution >= 0.6 is 12.4 Å². The van der Waals surface area contributed by atoms with Gasteiger partial charge in [-0.05, 0) is 45.4 Å². The maximum absolute atomic E-state index is 12.8. The Morgan fingerprint density at radius 1 is 1.20 bits per heavy atom. The van der Waals surface area contributed by atoms with Gasteiger partial charge in [-0.1, -0.05) is 12.8 Å². The zero-order valence-corrected chi connectivity index (χ0v) is 15.8. The van der Waals surface area contributed by atoms with Crippen molar-refractivity contribution in [3.63, 3.8) is 0 Å². The molecule has 0 aromatic rings. The van der Waals surface area contributed by atoms with Gasteiger partial charge in [-0.3, -0.25) is 9.59 Å². The van der Waals surface area contributed by atoms with E-state index in [4.69, 9.17) is 5.73 Å². The lowest BCUT2D eigenvalue weighted by Crippen LogP contribution is -2.53. The lowest BCUT2D eigenvalue weighted by molar-refractivity contribution is -0.143. The van der Waals surface area contributed by atoms with Crippen LogP contribution in [0.3, 0.4) is 0 Å². The zero-order chi connectivity index (χ0) is 17.5. The van der Waals surface area contributed by atoms with E-state index in [9.17, 15) is 14.4 Å². The Balaban J connectivity index is 0.00000225. The van der Waals surface area contributed by atoms with Crippen molar-refractivity contribution in [1.82, 2.24) is 15.1 Å². The lowest BCUT2D eigenvalue weighted by atomic mass is 9.90. The summed E-state index contributed by atoms with van der Waals surface area (Å²) >= 11 is 0. The number of imide groups is 1. The highest BCUT2D eigenvalue weighted by molar-refractivity contribution is 6.09. The number of hydrogen-bond donors (Lipinski definition) is 2. The molecule has 2 heterocycles. The topological polar surface area (TPSA) is 95.7 Å². The Morgan fingerprint density at radius 3 is 2.28 bits per heavy atom. The third-order valence-corrected chi connectivity index (χ3v) is 5.99. The highest BCUT2D eigenvalue weighted by atomic mass is 35.5. The summed E-state index contributed by atoms with van der Waals surface area (Å²) in [6.07, 6.45) is 4.98. The van der Waals surface area contributed by atoms with Crippen molar-refractivity contribution < 1.29 is 14.4 Å². The van der Waals surface area contributed by atoms with Crippen LogP contribution in [-0.2, 0) is 9.59 Å². The minimum atomic E-state index is -0.756. The van der Waals surface area contributed by atoms with Crippen molar-refractivity contribution in [3.8, 4) is 0 Å². The molecule has 0 aromatic carbocycles. The Labute approximate surface area is 155 Å². The number of piperidine rings is 1. The summed E-state index contributed by atoms with van der Waals surface area (Å²) in [4.78, 5) is 40.8. The van der Waals surface area contributed by atoms with E-state index in [1.807, 2.05) is 6.92 Å². The van der Waals surface area contributed by atoms with Gasteiger partial charge in [0.15, 0.2) is 0 Å². The maximum Gasteiger partial charge on any atom is 0.325 e. The van der Waals surface area contributed by atoms with Crippen LogP contribution < -0.4 is 11.1 Å². The molecule has 0 aromatic heterocycles. The molecule has 2 unspecified atom stereocenters. The van der Waals surface area contributed by atoms with Crippen molar-refractivity contribution >= 4 is 30.3 Å². The van der Waals surface area contributed by atoms with E-state index in [1.54, 1.807) is 11.8 Å². The largest absolute Gasteiger partial charge is 0.341 e. The van der Waals surface area contributed by atoms with Crippen LogP contribution in [0.2, 0.25) is 0 Å². The predicted octanol–water partition coefficient (Wildman–Crippen LogP) is 1.25. The third kappa shape index (κ3) is 3.49. The quantitative estimate of drug-likeness (QED) is 0.729. The summed E-state index contributed by atoms with van der Waals surface area (Å²) in [6.45, 7) is 4.94. The first-order chi connectivity index (χ1) is 11.4. The molecule has 4 amide bonds. The molecule has 2 saturated heterocycles. The van der Waals surface area contributed by atoms with Crippen molar-refractivity contribution in [2.75, 3.05) is 13.1 Å². The van der Waals surface area contributed by atoms with Crippen molar-refractivity contribution in [2.45, 2.75) is 70.0 Å². The number of amides is 4. The monoisotopic (exact) mass is 372 g/mol. The van der Waals surface area contributed by atoms with E-state index in [-0.39, 0.29) is 30.3 Å². The first-order valence-electron chi connectivity index (χ1n) is 9.06. The van der Waals surface area contributed by atoms with Gasteiger partial charge in [0.2, 0.25) is 5.91 Å². The summed E-state index contributed by atoms with van der Waals surface area (Å²) in [5.74, 6) is 0.0656. The number of nitrogens with zero attached hydrogens (tertiary/aromatic N) is 2. The van der Waals surface area contributed by atoms with Gasteiger partial charge >= 0.3 is 6.03 Å². The summed E-state index contributed by atoms with van der Waals surface area (Å²) in [5, 5.41) is 2.84. The summed E-state index contributed by atoms with van der Waals surface area (Å²) in [5.41, 5.74) is 5.19. The SMILES string of the molecule is CC(N)C1CCN(C(=O)C(C)N2C(=O)NC3(CCCC3)C2=O)CC1.Cl. The van der Waals surface area contributed by atoms with Crippen molar-refractivity contribution in [2.24, 2.45) is 11.7 Å². The first-order valence-corrected chi connectivity index (χ1v) is 9.06. The minimum absolute atomic E-state index is 0. The fourth-order valence-electron chi connectivity index (χ4n) is 4.33. The molecule has 1 saturated carbocycles. The molecule has 7 nitrogen and oxygen atoms in total. The lowest BCUT2D eigenvalue weighted by Gasteiger charge is -2.36. The van der Waals surface area contributed by atoms with Crippen molar-refractivity contribution in [3.05, 3.63) is 0 Å². The van der Waals surface area contributed by atoms with Crippen LogP contribution in [0.15, 0.2) is 0 Å². The second-order valence-electron chi connectivity index (χ2n) is 7.59. The molecule has 1 spiro atoms. The average Bonchev–Trinajstić information content (AvgIpc) is 3.12. The number of nitrogens with one attached hydrogen (secondary N) is 1. The van der Waals surface area contributed by atoms with Crippen LogP contribution in [0.5, 0.6) is 0 Å². The standard InChI is InChI=1S/C17H28N4O3.ClH/c1-11(18)13-5-9-20(10-6-13)14(22)12(2)21-15(23)17(19-16(21)24)7-3-4-8-17;/h11-13H,3-10,18H2,1-2H3,(H,19,24);1H. The number of nitrogens with two attached hydrogens (primary N) is 1. The maximum atomic E-state index is 12.8. The van der Waals surface area contributed by atoms with E-state index < -0.39 is 17.6 Å². The van der Waals surface area contributed by atoms with Crippen LogP contribution in [0.4, 0.5) is 4.79 Å². The molecule has 3 rings (SSSR count). The van der Waals surface area contributed by atoms with E-state index >= 15 is 0 Å². The van der Waals surface area contributed by atoms with Gasteiger partial charge in [0.1, 0.15) is 11.6 Å². The molecular formula is C17H29ClN4O3. The molecule has 3 fully saturated rings. The van der Waals surface area contributed by atoms with E-state index in [0.29, 0.717) is 31.8 Å². The van der Waals surface area contributed by atoms with E-state index in [0.717, 1.165) is 30.6 Å². The zero-order valence-electron chi connectivity index (χ0n) is 15.0. The second kappa shape index (κ2) is 7.50. The highest BCUT2D eigenvalue weighted by Gasteiger charge is 2.54. The highest BCUT2D eigenvalue weighted by Crippen LogP contribution is 2.36. The molecule has 8 heteroatoms. The summed E-state index contributed by atoms with van der Waals surface area (Å²) in [7, 11) is 0. The number of rotatable bonds is 3. The summed E-state index contributed by atoms with van der Waals surface area (Å²) < 4.78 is 0. The Kier molecular flexibility index (Phi) is 5.99. The molecule has 3 N–H and O–H groups in total. The van der Waals surface area contributed by atoms with Gasteiger partial charge in [0.05, 0.1) is 0 Å². The Bertz CT molecular complexity index is 540. The number of likely N-dealkylation sites (tertiary alicyclic amines) is 1. The number of carbonyl (C=O) groups excluding carboxylic acids is 3. The van der Waals surface area contributed by atoms with Gasteiger partial charge in [0, 0.05) is 19.1 Å². The van der Waals surface area contributed by atoms with Gasteiger partial charge in [-0.2, -0.15) is 0 Å². The Hall–Kier alpha value is -1.34. The van der Waals surface area contributed by atoms with Gasteiger partial charge < -0.3 is 16.0 Å². The van der Waals surface area contributed by atoms with Crippen LogP contribution in [0.25, 0.3) is 0 Å². The number of hydrogen-bond acceptors (Lipinski definition) is 4. The number of halogens is 1. The van der Waals surface area contributed by atoms with Gasteiger partial charge in [-0.25, -0.2) is 9.69 Å². The molecule has 0 bridgehead atoms. The van der Waals surface area contributed by atoms with Crippen LogP contribution in [-0.4, -0.2) is 58.4 Å². The smallest absolute Gasteiger partial charge is 0.325 e. The molecule has 2 atom stereocenters. The molecule has 3 aliphatic rings. The second-order valence-corrected chi connectivity index (χ2v) is 7.59. The first kappa shape index (κ1) is 20.0. The molecule has 1 aliphatic carbocycles. The van der Waals surface area contributed by atoms with Crippen LogP contribution in [0, 0.1) is 5.92 Å².